The first kappa shape index (κ1) is 14.3. The Morgan fingerprint density at radius 1 is 1.41 bits per heavy atom. The topological polar surface area (TPSA) is 75.6 Å². The van der Waals surface area contributed by atoms with Crippen molar-refractivity contribution >= 4 is 22.8 Å². The van der Waals surface area contributed by atoms with Gasteiger partial charge in [0.25, 0.3) is 5.91 Å². The Morgan fingerprint density at radius 2 is 2.23 bits per heavy atom. The number of amides is 1. The third-order valence-electron chi connectivity index (χ3n) is 3.80. The molecular weight excluding hydrogens is 278 g/mol. The number of nitrogens with one attached hydrogen (secondary N) is 2. The number of para-hydroxylation sites is 1. The molecule has 6 heteroatoms. The first-order valence-electron chi connectivity index (χ1n) is 7.40. The van der Waals surface area contributed by atoms with E-state index in [0.717, 1.165) is 17.8 Å². The maximum Gasteiger partial charge on any atom is 0.259 e. The zero-order valence-corrected chi connectivity index (χ0v) is 12.9. The standard InChI is InChI=1S/C16H19N5O/c1-4-10(2)21-14(8-9-17-21)20-16(22)12-6-5-7-13-15(12)19-11(3)18-13/h5-10H,4H2,1-3H3,(H,18,19)(H,20,22)/t10-/m0/s1. The fraction of sp³-hybridized carbons (Fsp3) is 0.312. The molecule has 0 fully saturated rings. The molecule has 0 radical (unpaired) electrons. The van der Waals surface area contributed by atoms with Crippen molar-refractivity contribution in [3.8, 4) is 0 Å². The molecule has 3 rings (SSSR count). The summed E-state index contributed by atoms with van der Waals surface area (Å²) in [6.45, 7) is 6.03. The summed E-state index contributed by atoms with van der Waals surface area (Å²) in [7, 11) is 0. The van der Waals surface area contributed by atoms with Gasteiger partial charge in [-0.05, 0) is 32.4 Å². The number of carbonyl (C=O) groups excluding carboxylic acids is 1. The zero-order valence-electron chi connectivity index (χ0n) is 12.9. The second kappa shape index (κ2) is 5.63. The van der Waals surface area contributed by atoms with Gasteiger partial charge in [-0.15, -0.1) is 0 Å². The summed E-state index contributed by atoms with van der Waals surface area (Å²) >= 11 is 0. The van der Waals surface area contributed by atoms with E-state index in [2.05, 4.69) is 34.2 Å². The minimum absolute atomic E-state index is 0.179. The van der Waals surface area contributed by atoms with Gasteiger partial charge in [0.1, 0.15) is 17.2 Å². The van der Waals surface area contributed by atoms with Crippen LogP contribution in [0.5, 0.6) is 0 Å². The highest BCUT2D eigenvalue weighted by atomic mass is 16.1. The van der Waals surface area contributed by atoms with E-state index in [4.69, 9.17) is 0 Å². The molecule has 114 valence electrons. The van der Waals surface area contributed by atoms with Crippen LogP contribution in [0.1, 0.15) is 42.5 Å². The smallest absolute Gasteiger partial charge is 0.259 e. The van der Waals surface area contributed by atoms with E-state index < -0.39 is 0 Å². The molecule has 0 spiro atoms. The molecule has 1 aromatic carbocycles. The number of nitrogens with zero attached hydrogens (tertiary/aromatic N) is 3. The molecule has 0 saturated carbocycles. The van der Waals surface area contributed by atoms with Crippen LogP contribution in [0.15, 0.2) is 30.5 Å². The largest absolute Gasteiger partial charge is 0.342 e. The van der Waals surface area contributed by atoms with Gasteiger partial charge < -0.3 is 10.3 Å². The average Bonchev–Trinajstić information content (AvgIpc) is 3.11. The van der Waals surface area contributed by atoms with Gasteiger partial charge in [0, 0.05) is 6.07 Å². The Hall–Kier alpha value is -2.63. The summed E-state index contributed by atoms with van der Waals surface area (Å²) in [6.07, 6.45) is 2.64. The molecule has 0 unspecified atom stereocenters. The summed E-state index contributed by atoms with van der Waals surface area (Å²) in [5.41, 5.74) is 2.10. The predicted molar refractivity (Wildman–Crippen MR) is 86.0 cm³/mol. The highest BCUT2D eigenvalue weighted by molar-refractivity contribution is 6.11. The van der Waals surface area contributed by atoms with Crippen LogP contribution in [0, 0.1) is 6.92 Å². The van der Waals surface area contributed by atoms with Crippen molar-refractivity contribution in [2.45, 2.75) is 33.2 Å². The number of imidazole rings is 1. The normalized spacial score (nSPS) is 12.5. The first-order valence-corrected chi connectivity index (χ1v) is 7.40. The van der Waals surface area contributed by atoms with Crippen LogP contribution in [-0.4, -0.2) is 25.7 Å². The Bertz CT molecular complexity index is 817. The fourth-order valence-corrected chi connectivity index (χ4v) is 2.46. The lowest BCUT2D eigenvalue weighted by atomic mass is 10.1. The fourth-order valence-electron chi connectivity index (χ4n) is 2.46. The van der Waals surface area contributed by atoms with Crippen molar-refractivity contribution < 1.29 is 4.79 Å². The van der Waals surface area contributed by atoms with Crippen LogP contribution < -0.4 is 5.32 Å². The average molecular weight is 297 g/mol. The predicted octanol–water partition coefficient (Wildman–Crippen LogP) is 3.29. The van der Waals surface area contributed by atoms with E-state index >= 15 is 0 Å². The van der Waals surface area contributed by atoms with Gasteiger partial charge in [-0.2, -0.15) is 5.10 Å². The molecule has 0 bridgehead atoms. The third-order valence-corrected chi connectivity index (χ3v) is 3.80. The molecule has 2 N–H and O–H groups in total. The molecule has 0 saturated heterocycles. The van der Waals surface area contributed by atoms with Gasteiger partial charge in [0.15, 0.2) is 0 Å². The summed E-state index contributed by atoms with van der Waals surface area (Å²) in [5, 5.41) is 7.21. The van der Waals surface area contributed by atoms with E-state index in [1.165, 1.54) is 0 Å². The Labute approximate surface area is 128 Å². The van der Waals surface area contributed by atoms with Gasteiger partial charge in [0.2, 0.25) is 0 Å². The number of hydrogen-bond acceptors (Lipinski definition) is 3. The van der Waals surface area contributed by atoms with Gasteiger partial charge in [-0.3, -0.25) is 4.79 Å². The van der Waals surface area contributed by atoms with Gasteiger partial charge in [-0.25, -0.2) is 9.67 Å². The van der Waals surface area contributed by atoms with Crippen molar-refractivity contribution in [1.29, 1.82) is 0 Å². The number of aryl methyl sites for hydroxylation is 1. The minimum Gasteiger partial charge on any atom is -0.342 e. The highest BCUT2D eigenvalue weighted by Gasteiger charge is 2.16. The molecule has 22 heavy (non-hydrogen) atoms. The lowest BCUT2D eigenvalue weighted by Gasteiger charge is -2.14. The summed E-state index contributed by atoms with van der Waals surface area (Å²) < 4.78 is 1.83. The van der Waals surface area contributed by atoms with E-state index in [1.54, 1.807) is 18.3 Å². The molecule has 1 atom stereocenters. The van der Waals surface area contributed by atoms with Crippen molar-refractivity contribution in [1.82, 2.24) is 19.7 Å². The zero-order chi connectivity index (χ0) is 15.7. The lowest BCUT2D eigenvalue weighted by Crippen LogP contribution is -2.17. The lowest BCUT2D eigenvalue weighted by molar-refractivity contribution is 0.102. The van der Waals surface area contributed by atoms with Crippen LogP contribution in [-0.2, 0) is 0 Å². The Kier molecular flexibility index (Phi) is 3.66. The monoisotopic (exact) mass is 297 g/mol. The molecule has 0 aliphatic carbocycles. The maximum atomic E-state index is 12.6. The molecule has 3 aromatic rings. The number of aromatic amines is 1. The van der Waals surface area contributed by atoms with Crippen LogP contribution in [0.2, 0.25) is 0 Å². The number of benzene rings is 1. The summed E-state index contributed by atoms with van der Waals surface area (Å²) in [5.74, 6) is 1.31. The minimum atomic E-state index is -0.179. The number of carbonyl (C=O) groups is 1. The molecule has 6 nitrogen and oxygen atoms in total. The number of rotatable bonds is 4. The Morgan fingerprint density at radius 3 is 3.00 bits per heavy atom. The molecule has 1 amide bonds. The first-order chi connectivity index (χ1) is 10.6. The molecular formula is C16H19N5O. The number of H-pyrrole nitrogens is 1. The van der Waals surface area contributed by atoms with Gasteiger partial charge >= 0.3 is 0 Å². The summed E-state index contributed by atoms with van der Waals surface area (Å²) in [6, 6.07) is 7.58. The quantitative estimate of drug-likeness (QED) is 0.776. The number of aromatic nitrogens is 4. The number of fused-ring (bicyclic) bond motifs is 1. The van der Waals surface area contributed by atoms with Crippen molar-refractivity contribution in [2.75, 3.05) is 5.32 Å². The second-order valence-electron chi connectivity index (χ2n) is 5.40. The van der Waals surface area contributed by atoms with E-state index in [-0.39, 0.29) is 11.9 Å². The van der Waals surface area contributed by atoms with Crippen LogP contribution in [0.25, 0.3) is 11.0 Å². The number of anilines is 1. The molecule has 0 aliphatic rings. The van der Waals surface area contributed by atoms with Gasteiger partial charge in [0.05, 0.1) is 23.3 Å². The van der Waals surface area contributed by atoms with Crippen molar-refractivity contribution in [2.24, 2.45) is 0 Å². The third kappa shape index (κ3) is 2.47. The Balaban J connectivity index is 1.93. The molecule has 2 heterocycles. The maximum absolute atomic E-state index is 12.6. The van der Waals surface area contributed by atoms with Crippen LogP contribution in [0.3, 0.4) is 0 Å². The molecule has 2 aromatic heterocycles. The van der Waals surface area contributed by atoms with E-state index in [1.807, 2.05) is 23.7 Å². The van der Waals surface area contributed by atoms with E-state index in [9.17, 15) is 4.79 Å². The van der Waals surface area contributed by atoms with Gasteiger partial charge in [-0.1, -0.05) is 13.0 Å². The second-order valence-corrected chi connectivity index (χ2v) is 5.40. The van der Waals surface area contributed by atoms with Crippen LogP contribution >= 0.6 is 0 Å². The number of hydrogen-bond donors (Lipinski definition) is 2. The summed E-state index contributed by atoms with van der Waals surface area (Å²) in [4.78, 5) is 20.1. The SMILES string of the molecule is CC[C@H](C)n1nccc1NC(=O)c1cccc2[nH]c(C)nc12. The molecule has 0 aliphatic heterocycles. The van der Waals surface area contributed by atoms with Crippen molar-refractivity contribution in [3.63, 3.8) is 0 Å². The highest BCUT2D eigenvalue weighted by Crippen LogP contribution is 2.20. The van der Waals surface area contributed by atoms with Crippen molar-refractivity contribution in [3.05, 3.63) is 41.9 Å². The van der Waals surface area contributed by atoms with E-state index in [0.29, 0.717) is 16.9 Å². The van der Waals surface area contributed by atoms with Crippen LogP contribution in [0.4, 0.5) is 5.82 Å².